The van der Waals surface area contributed by atoms with Gasteiger partial charge in [-0.3, -0.25) is 14.4 Å². The fourth-order valence-electron chi connectivity index (χ4n) is 8.21. The first-order valence-electron chi connectivity index (χ1n) is 11.6. The van der Waals surface area contributed by atoms with Crippen LogP contribution in [0.4, 0.5) is 0 Å². The highest BCUT2D eigenvalue weighted by Crippen LogP contribution is 2.76. The van der Waals surface area contributed by atoms with Gasteiger partial charge >= 0.3 is 5.97 Å². The average molecular weight is 429 g/mol. The van der Waals surface area contributed by atoms with E-state index in [1.165, 1.54) is 0 Å². The van der Waals surface area contributed by atoms with Crippen LogP contribution < -0.4 is 0 Å². The molecule has 4 aliphatic carbocycles. The molecule has 3 saturated carbocycles. The molecule has 0 amide bonds. The van der Waals surface area contributed by atoms with Crippen LogP contribution in [0.1, 0.15) is 59.8 Å². The molecule has 5 rings (SSSR count). The fourth-order valence-corrected chi connectivity index (χ4v) is 8.21. The van der Waals surface area contributed by atoms with E-state index in [-0.39, 0.29) is 47.1 Å². The summed E-state index contributed by atoms with van der Waals surface area (Å²) >= 11 is 0. The molecule has 5 aliphatic rings. The Morgan fingerprint density at radius 1 is 1.29 bits per heavy atom. The molecule has 0 bridgehead atoms. The van der Waals surface area contributed by atoms with Crippen molar-refractivity contribution in [2.24, 2.45) is 28.6 Å². The zero-order valence-electron chi connectivity index (χ0n) is 18.8. The van der Waals surface area contributed by atoms with Crippen molar-refractivity contribution >= 4 is 17.5 Å². The summed E-state index contributed by atoms with van der Waals surface area (Å²) in [5.74, 6) is -0.614. The normalized spacial score (nSPS) is 49.3. The number of aliphatic hydroxyl groups excluding tert-OH is 1. The van der Waals surface area contributed by atoms with Crippen molar-refractivity contribution in [2.45, 2.75) is 77.1 Å². The molecule has 8 atom stereocenters. The molecular formula is C25H32O6. The lowest BCUT2D eigenvalue weighted by molar-refractivity contribution is -0.193. The molecule has 6 nitrogen and oxygen atoms in total. The van der Waals surface area contributed by atoms with Crippen molar-refractivity contribution in [3.8, 4) is 0 Å². The second-order valence-corrected chi connectivity index (χ2v) is 10.7. The van der Waals surface area contributed by atoms with E-state index in [4.69, 9.17) is 9.47 Å². The van der Waals surface area contributed by atoms with Gasteiger partial charge < -0.3 is 14.6 Å². The monoisotopic (exact) mass is 428 g/mol. The number of esters is 1. The van der Waals surface area contributed by atoms with E-state index < -0.39 is 29.4 Å². The van der Waals surface area contributed by atoms with E-state index in [2.05, 4.69) is 13.8 Å². The van der Waals surface area contributed by atoms with Crippen LogP contribution in [0, 0.1) is 28.6 Å². The van der Waals surface area contributed by atoms with Gasteiger partial charge in [0.1, 0.15) is 12.2 Å². The highest BCUT2D eigenvalue weighted by Gasteiger charge is 2.82. The number of allylic oxidation sites excluding steroid dienone is 2. The van der Waals surface area contributed by atoms with Gasteiger partial charge in [0.05, 0.1) is 6.10 Å². The van der Waals surface area contributed by atoms with Crippen LogP contribution in [0.2, 0.25) is 0 Å². The van der Waals surface area contributed by atoms with Crippen molar-refractivity contribution in [1.29, 1.82) is 0 Å². The number of hydrogen-bond acceptors (Lipinski definition) is 6. The number of Topliss-reactive ketones (excluding diaryl/α,β-unsaturated/α-hetero) is 1. The predicted molar refractivity (Wildman–Crippen MR) is 112 cm³/mol. The van der Waals surface area contributed by atoms with Gasteiger partial charge in [-0.1, -0.05) is 32.4 Å². The van der Waals surface area contributed by atoms with Gasteiger partial charge in [-0.2, -0.15) is 0 Å². The minimum atomic E-state index is -1.33. The topological polar surface area (TPSA) is 93.2 Å². The summed E-state index contributed by atoms with van der Waals surface area (Å²) < 4.78 is 12.5. The quantitative estimate of drug-likeness (QED) is 0.547. The molecular weight excluding hydrogens is 396 g/mol. The van der Waals surface area contributed by atoms with Crippen molar-refractivity contribution in [1.82, 2.24) is 0 Å². The fraction of sp³-hybridized carbons (Fsp3) is 0.720. The molecule has 1 N–H and O–H groups in total. The van der Waals surface area contributed by atoms with Crippen LogP contribution in [0.5, 0.6) is 0 Å². The Bertz CT molecular complexity index is 934. The molecule has 0 aromatic carbocycles. The molecule has 1 aliphatic heterocycles. The summed E-state index contributed by atoms with van der Waals surface area (Å²) in [4.78, 5) is 37.7. The third-order valence-electron chi connectivity index (χ3n) is 9.59. The number of ether oxygens (including phenoxy) is 2. The molecule has 0 aromatic rings. The standard InChI is InChI=1S/C25H32O6/c1-5-21(29)31-24(19(28)13-26)14(2)10-18-17-7-6-15-11-16(27)8-9-22(15,3)25(17)20(30-25)12-23(18,24)4/h8-9,11,14,17-18,20,26H,5-7,10,12-13H2,1-4H3/t14-,17+,18+,20+,22+,23+,24+,25-/m1/s1. The van der Waals surface area contributed by atoms with E-state index in [1.807, 2.05) is 13.0 Å². The van der Waals surface area contributed by atoms with Gasteiger partial charge in [0, 0.05) is 23.2 Å². The first-order chi connectivity index (χ1) is 14.6. The van der Waals surface area contributed by atoms with Gasteiger partial charge in [-0.15, -0.1) is 0 Å². The maximum Gasteiger partial charge on any atom is 0.306 e. The molecule has 31 heavy (non-hydrogen) atoms. The van der Waals surface area contributed by atoms with Crippen LogP contribution >= 0.6 is 0 Å². The Labute approximate surface area is 183 Å². The molecule has 168 valence electrons. The Kier molecular flexibility index (Phi) is 4.34. The Morgan fingerprint density at radius 3 is 2.71 bits per heavy atom. The summed E-state index contributed by atoms with van der Waals surface area (Å²) in [5.41, 5.74) is -1.48. The van der Waals surface area contributed by atoms with Crippen LogP contribution in [0.15, 0.2) is 23.8 Å². The summed E-state index contributed by atoms with van der Waals surface area (Å²) in [6.45, 7) is 7.31. The van der Waals surface area contributed by atoms with Gasteiger partial charge in [-0.25, -0.2) is 0 Å². The number of aliphatic hydroxyl groups is 1. The third-order valence-corrected chi connectivity index (χ3v) is 9.59. The van der Waals surface area contributed by atoms with Gasteiger partial charge in [0.2, 0.25) is 5.78 Å². The number of carbonyl (C=O) groups excluding carboxylic acids is 3. The lowest BCUT2D eigenvalue weighted by atomic mass is 9.46. The van der Waals surface area contributed by atoms with Crippen LogP contribution in [-0.4, -0.2) is 46.6 Å². The Hall–Kier alpha value is -1.79. The molecule has 0 aromatic heterocycles. The zero-order chi connectivity index (χ0) is 22.4. The van der Waals surface area contributed by atoms with Gasteiger partial charge in [0.25, 0.3) is 0 Å². The Morgan fingerprint density at radius 2 is 2.03 bits per heavy atom. The van der Waals surface area contributed by atoms with Crippen molar-refractivity contribution in [3.05, 3.63) is 23.8 Å². The number of ketones is 2. The smallest absolute Gasteiger partial charge is 0.306 e. The lowest BCUT2D eigenvalue weighted by Crippen LogP contribution is -2.63. The number of rotatable bonds is 4. The maximum absolute atomic E-state index is 13.2. The molecule has 0 unspecified atom stereocenters. The van der Waals surface area contributed by atoms with E-state index in [0.717, 1.165) is 24.8 Å². The summed E-state index contributed by atoms with van der Waals surface area (Å²) in [6, 6.07) is 0. The minimum Gasteiger partial charge on any atom is -0.450 e. The summed E-state index contributed by atoms with van der Waals surface area (Å²) in [7, 11) is 0. The molecule has 1 heterocycles. The predicted octanol–water partition coefficient (Wildman–Crippen LogP) is 2.93. The second kappa shape index (κ2) is 6.38. The zero-order valence-corrected chi connectivity index (χ0v) is 18.8. The van der Waals surface area contributed by atoms with Crippen molar-refractivity contribution in [2.75, 3.05) is 6.61 Å². The largest absolute Gasteiger partial charge is 0.450 e. The van der Waals surface area contributed by atoms with Crippen LogP contribution in [-0.2, 0) is 23.9 Å². The maximum atomic E-state index is 13.2. The van der Waals surface area contributed by atoms with E-state index in [1.54, 1.807) is 19.1 Å². The lowest BCUT2D eigenvalue weighted by Gasteiger charge is -2.56. The summed E-state index contributed by atoms with van der Waals surface area (Å²) in [5, 5.41) is 9.88. The van der Waals surface area contributed by atoms with E-state index in [9.17, 15) is 19.5 Å². The summed E-state index contributed by atoms with van der Waals surface area (Å²) in [6.07, 6.45) is 8.65. The highest BCUT2D eigenvalue weighted by atomic mass is 16.6. The molecule has 6 heteroatoms. The van der Waals surface area contributed by atoms with Crippen molar-refractivity contribution < 1.29 is 29.0 Å². The molecule has 4 fully saturated rings. The number of fused-ring (bicyclic) bond motifs is 3. The van der Waals surface area contributed by atoms with Gasteiger partial charge in [0.15, 0.2) is 11.4 Å². The van der Waals surface area contributed by atoms with E-state index in [0.29, 0.717) is 6.42 Å². The molecule has 0 radical (unpaired) electrons. The Balaban J connectivity index is 1.60. The minimum absolute atomic E-state index is 0.0358. The highest BCUT2D eigenvalue weighted by molar-refractivity contribution is 6.01. The third kappa shape index (κ3) is 2.28. The number of carbonyl (C=O) groups is 3. The van der Waals surface area contributed by atoms with Gasteiger partial charge in [-0.05, 0) is 56.6 Å². The molecule has 1 spiro atoms. The number of epoxide rings is 1. The first kappa shape index (κ1) is 21.1. The van der Waals surface area contributed by atoms with Crippen LogP contribution in [0.3, 0.4) is 0 Å². The average Bonchev–Trinajstić information content (AvgIpc) is 3.41. The molecule has 1 saturated heterocycles. The van der Waals surface area contributed by atoms with Crippen LogP contribution in [0.25, 0.3) is 0 Å². The van der Waals surface area contributed by atoms with Crippen molar-refractivity contribution in [3.63, 3.8) is 0 Å². The second-order valence-electron chi connectivity index (χ2n) is 10.7. The first-order valence-corrected chi connectivity index (χ1v) is 11.6. The van der Waals surface area contributed by atoms with E-state index >= 15 is 0 Å². The number of hydrogen-bond donors (Lipinski definition) is 1. The SMILES string of the molecule is CCC(=O)O[C@]1(C(=O)CO)[C@H](C)C[C@H]2[C@@H]3CCC4=CC(=O)C=C[C@]4(C)[C@@]34O[C@H]4C[C@@]21C.